The van der Waals surface area contributed by atoms with Crippen molar-refractivity contribution < 1.29 is 4.74 Å². The third kappa shape index (κ3) is 2.32. The first-order valence-corrected chi connectivity index (χ1v) is 11.0. The Balaban J connectivity index is 1.68. The summed E-state index contributed by atoms with van der Waals surface area (Å²) in [6.45, 7) is 6.51. The van der Waals surface area contributed by atoms with Gasteiger partial charge in [0.15, 0.2) is 0 Å². The molecular weight excluding hydrogens is 398 g/mol. The van der Waals surface area contributed by atoms with E-state index in [0.29, 0.717) is 0 Å². The molecule has 0 amide bonds. The van der Waals surface area contributed by atoms with Crippen molar-refractivity contribution in [2.24, 2.45) is 7.05 Å². The minimum absolute atomic E-state index is 0.182. The van der Waals surface area contributed by atoms with Gasteiger partial charge in [-0.1, -0.05) is 12.1 Å². The number of aryl methyl sites for hydroxylation is 2. The van der Waals surface area contributed by atoms with Gasteiger partial charge in [0, 0.05) is 25.3 Å². The van der Waals surface area contributed by atoms with Gasteiger partial charge in [0.25, 0.3) is 0 Å². The summed E-state index contributed by atoms with van der Waals surface area (Å²) in [6, 6.07) is 17.3. The monoisotopic (exact) mass is 425 g/mol. The zero-order valence-electron chi connectivity index (χ0n) is 19.3. The molecule has 6 heteroatoms. The number of nitrogens with zero attached hydrogens (tertiary/aromatic N) is 5. The van der Waals surface area contributed by atoms with Crippen LogP contribution in [0.25, 0.3) is 27.8 Å². The van der Waals surface area contributed by atoms with E-state index in [1.54, 1.807) is 7.11 Å². The number of hydrogen-bond acceptors (Lipinski definition) is 4. The molecule has 0 saturated heterocycles. The van der Waals surface area contributed by atoms with Crippen molar-refractivity contribution in [3.8, 4) is 5.75 Å². The van der Waals surface area contributed by atoms with E-state index in [1.807, 2.05) is 6.07 Å². The summed E-state index contributed by atoms with van der Waals surface area (Å²) in [5.41, 5.74) is 10.4. The van der Waals surface area contributed by atoms with Crippen LogP contribution >= 0.6 is 0 Å². The topological polar surface area (TPSA) is 37.9 Å². The van der Waals surface area contributed by atoms with Crippen LogP contribution in [0.2, 0.25) is 0 Å². The number of fused-ring (bicyclic) bond motifs is 6. The van der Waals surface area contributed by atoms with E-state index >= 15 is 0 Å². The molecule has 0 unspecified atom stereocenters. The van der Waals surface area contributed by atoms with Crippen LogP contribution in [-0.2, 0) is 7.05 Å². The second kappa shape index (κ2) is 6.42. The minimum atomic E-state index is 0.182. The van der Waals surface area contributed by atoms with E-state index in [1.165, 1.54) is 33.7 Å². The molecule has 3 aromatic carbocycles. The fourth-order valence-electron chi connectivity index (χ4n) is 5.24. The normalized spacial score (nSPS) is 16.0. The first-order chi connectivity index (χ1) is 15.4. The SMILES string of the molecule is COc1cc(C)cc(N2c3cc4c(cc3N(C)[C@@H]2C)n(C)c2nc3ccccc3n42)c1C. The van der Waals surface area contributed by atoms with E-state index in [0.717, 1.165) is 28.1 Å². The van der Waals surface area contributed by atoms with Crippen molar-refractivity contribution in [1.29, 1.82) is 0 Å². The minimum Gasteiger partial charge on any atom is -0.496 e. The van der Waals surface area contributed by atoms with Gasteiger partial charge in [-0.3, -0.25) is 4.40 Å². The fourth-order valence-corrected chi connectivity index (χ4v) is 5.24. The van der Waals surface area contributed by atoms with Crippen LogP contribution < -0.4 is 14.5 Å². The first-order valence-electron chi connectivity index (χ1n) is 11.0. The Kier molecular flexibility index (Phi) is 3.82. The summed E-state index contributed by atoms with van der Waals surface area (Å²) in [5, 5.41) is 0. The van der Waals surface area contributed by atoms with Gasteiger partial charge in [-0.05, 0) is 62.7 Å². The summed E-state index contributed by atoms with van der Waals surface area (Å²) >= 11 is 0. The van der Waals surface area contributed by atoms with E-state index < -0.39 is 0 Å². The summed E-state index contributed by atoms with van der Waals surface area (Å²) in [7, 11) is 6.01. The van der Waals surface area contributed by atoms with Crippen molar-refractivity contribution in [3.05, 3.63) is 59.7 Å². The maximum Gasteiger partial charge on any atom is 0.215 e. The Labute approximate surface area is 187 Å². The maximum absolute atomic E-state index is 5.69. The zero-order valence-corrected chi connectivity index (χ0v) is 19.3. The van der Waals surface area contributed by atoms with Crippen LogP contribution in [0.1, 0.15) is 18.1 Å². The summed E-state index contributed by atoms with van der Waals surface area (Å²) in [6.07, 6.45) is 0.182. The van der Waals surface area contributed by atoms with E-state index in [2.05, 4.69) is 96.1 Å². The molecule has 1 atom stereocenters. The highest BCUT2D eigenvalue weighted by Crippen LogP contribution is 2.48. The molecule has 162 valence electrons. The van der Waals surface area contributed by atoms with Gasteiger partial charge in [-0.2, -0.15) is 0 Å². The van der Waals surface area contributed by atoms with E-state index in [4.69, 9.17) is 9.72 Å². The maximum atomic E-state index is 5.69. The number of imidazole rings is 2. The van der Waals surface area contributed by atoms with Crippen molar-refractivity contribution in [2.45, 2.75) is 26.9 Å². The molecule has 0 saturated carbocycles. The van der Waals surface area contributed by atoms with Crippen molar-refractivity contribution in [2.75, 3.05) is 24.0 Å². The van der Waals surface area contributed by atoms with Gasteiger partial charge in [0.1, 0.15) is 11.9 Å². The smallest absolute Gasteiger partial charge is 0.215 e. The highest BCUT2D eigenvalue weighted by atomic mass is 16.5. The van der Waals surface area contributed by atoms with Crippen LogP contribution in [0.4, 0.5) is 17.1 Å². The number of anilines is 3. The Morgan fingerprint density at radius 1 is 0.875 bits per heavy atom. The zero-order chi connectivity index (χ0) is 22.3. The molecule has 1 aliphatic rings. The largest absolute Gasteiger partial charge is 0.496 e. The molecule has 3 heterocycles. The molecule has 0 bridgehead atoms. The van der Waals surface area contributed by atoms with Crippen LogP contribution in [0, 0.1) is 13.8 Å². The molecule has 6 rings (SSSR count). The van der Waals surface area contributed by atoms with Gasteiger partial charge < -0.3 is 19.1 Å². The van der Waals surface area contributed by atoms with Crippen molar-refractivity contribution >= 4 is 44.9 Å². The van der Waals surface area contributed by atoms with Gasteiger partial charge in [-0.15, -0.1) is 0 Å². The number of ether oxygens (including phenoxy) is 1. The predicted molar refractivity (Wildman–Crippen MR) is 132 cm³/mol. The average Bonchev–Trinajstić information content (AvgIpc) is 3.38. The van der Waals surface area contributed by atoms with Gasteiger partial charge in [-0.25, -0.2) is 4.98 Å². The molecule has 32 heavy (non-hydrogen) atoms. The Morgan fingerprint density at radius 3 is 2.41 bits per heavy atom. The van der Waals surface area contributed by atoms with Crippen LogP contribution in [0.5, 0.6) is 5.75 Å². The lowest BCUT2D eigenvalue weighted by Gasteiger charge is -2.30. The number of benzene rings is 3. The van der Waals surface area contributed by atoms with E-state index in [-0.39, 0.29) is 6.17 Å². The number of methoxy groups -OCH3 is 1. The molecule has 0 radical (unpaired) electrons. The molecule has 0 spiro atoms. The summed E-state index contributed by atoms with van der Waals surface area (Å²) < 4.78 is 10.2. The molecular formula is C26H27N5O. The fraction of sp³-hybridized carbons (Fsp3) is 0.269. The Hall–Kier alpha value is -3.67. The number of hydrogen-bond donors (Lipinski definition) is 0. The van der Waals surface area contributed by atoms with Crippen LogP contribution in [-0.4, -0.2) is 34.3 Å². The van der Waals surface area contributed by atoms with Crippen LogP contribution in [0.3, 0.4) is 0 Å². The van der Waals surface area contributed by atoms with E-state index in [9.17, 15) is 0 Å². The number of rotatable bonds is 2. The lowest BCUT2D eigenvalue weighted by molar-refractivity contribution is 0.411. The molecule has 5 aromatic rings. The summed E-state index contributed by atoms with van der Waals surface area (Å²) in [5.74, 6) is 1.88. The third-order valence-corrected chi connectivity index (χ3v) is 7.05. The molecule has 1 aliphatic heterocycles. The molecule has 2 aromatic heterocycles. The van der Waals surface area contributed by atoms with Gasteiger partial charge in [0.2, 0.25) is 5.78 Å². The molecule has 6 nitrogen and oxygen atoms in total. The average molecular weight is 426 g/mol. The standard InChI is InChI=1S/C26H27N5O/c1-15-11-20(16(2)25(12-15)32-6)30-17(3)28(4)21-13-22-24(14-23(21)30)31-19-10-8-7-9-18(19)27-26(31)29(22)5/h7-14,17H,1-6H3/t17-/m0/s1. The second-order valence-electron chi connectivity index (χ2n) is 8.85. The molecule has 0 N–H and O–H groups in total. The Morgan fingerprint density at radius 2 is 1.62 bits per heavy atom. The van der Waals surface area contributed by atoms with Gasteiger partial charge in [0.05, 0.1) is 40.6 Å². The first kappa shape index (κ1) is 19.0. The van der Waals surface area contributed by atoms with Crippen molar-refractivity contribution in [1.82, 2.24) is 14.0 Å². The number of aromatic nitrogens is 3. The highest BCUT2D eigenvalue weighted by Gasteiger charge is 2.34. The molecule has 0 fully saturated rings. The highest BCUT2D eigenvalue weighted by molar-refractivity contribution is 5.98. The van der Waals surface area contributed by atoms with Crippen LogP contribution in [0.15, 0.2) is 48.5 Å². The third-order valence-electron chi connectivity index (χ3n) is 7.05. The second-order valence-corrected chi connectivity index (χ2v) is 8.85. The van der Waals surface area contributed by atoms with Gasteiger partial charge >= 0.3 is 0 Å². The number of para-hydroxylation sites is 2. The Bertz CT molecular complexity index is 1540. The predicted octanol–water partition coefficient (Wildman–Crippen LogP) is 5.54. The molecule has 0 aliphatic carbocycles. The quantitative estimate of drug-likeness (QED) is 0.372. The summed E-state index contributed by atoms with van der Waals surface area (Å²) in [4.78, 5) is 9.67. The van der Waals surface area contributed by atoms with Crippen molar-refractivity contribution in [3.63, 3.8) is 0 Å². The lowest BCUT2D eigenvalue weighted by atomic mass is 10.1. The lowest BCUT2D eigenvalue weighted by Crippen LogP contribution is -2.36.